The van der Waals surface area contributed by atoms with Crippen LogP contribution in [0.1, 0.15) is 24.8 Å². The van der Waals surface area contributed by atoms with Crippen molar-refractivity contribution in [1.29, 1.82) is 0 Å². The van der Waals surface area contributed by atoms with E-state index in [4.69, 9.17) is 4.74 Å². The van der Waals surface area contributed by atoms with E-state index in [-0.39, 0.29) is 5.97 Å². The van der Waals surface area contributed by atoms with Gasteiger partial charge in [0.15, 0.2) is 0 Å². The number of hydrogen-bond acceptors (Lipinski definition) is 4. The van der Waals surface area contributed by atoms with Gasteiger partial charge in [0.05, 0.1) is 7.11 Å². The van der Waals surface area contributed by atoms with Gasteiger partial charge in [-0.2, -0.15) is 0 Å². The highest BCUT2D eigenvalue weighted by atomic mass is 16.5. The van der Waals surface area contributed by atoms with Gasteiger partial charge in [-0.25, -0.2) is 0 Å². The number of nitrogens with one attached hydrogen (secondary N) is 1. The van der Waals surface area contributed by atoms with Gasteiger partial charge in [0, 0.05) is 24.9 Å². The Morgan fingerprint density at radius 2 is 2.50 bits per heavy atom. The highest BCUT2D eigenvalue weighted by molar-refractivity contribution is 5.80. The van der Waals surface area contributed by atoms with E-state index >= 15 is 0 Å². The van der Waals surface area contributed by atoms with Crippen LogP contribution in [0.25, 0.3) is 0 Å². The second-order valence-corrected chi connectivity index (χ2v) is 4.39. The number of ether oxygens (including phenoxy) is 1. The first-order chi connectivity index (χ1) is 7.65. The normalized spacial score (nSPS) is 29.0. The van der Waals surface area contributed by atoms with Gasteiger partial charge in [0.1, 0.15) is 5.54 Å². The molecule has 1 aromatic heterocycles. The second kappa shape index (κ2) is 4.22. The summed E-state index contributed by atoms with van der Waals surface area (Å²) in [6, 6.07) is 3.96. The highest BCUT2D eigenvalue weighted by Gasteiger charge is 2.42. The molecule has 2 heterocycles. The van der Waals surface area contributed by atoms with E-state index in [0.29, 0.717) is 5.92 Å². The van der Waals surface area contributed by atoms with E-state index in [0.717, 1.165) is 13.0 Å². The molecule has 1 aromatic rings. The molecule has 86 valence electrons. The van der Waals surface area contributed by atoms with Crippen molar-refractivity contribution in [2.45, 2.75) is 24.8 Å². The summed E-state index contributed by atoms with van der Waals surface area (Å²) >= 11 is 0. The summed E-state index contributed by atoms with van der Waals surface area (Å²) in [6.07, 6.45) is 4.37. The molecule has 0 bridgehead atoms. The van der Waals surface area contributed by atoms with Crippen LogP contribution in [0.15, 0.2) is 24.5 Å². The zero-order chi connectivity index (χ0) is 11.6. The minimum atomic E-state index is -0.560. The van der Waals surface area contributed by atoms with Crippen LogP contribution >= 0.6 is 0 Å². The summed E-state index contributed by atoms with van der Waals surface area (Å²) in [6.45, 7) is 2.67. The molecule has 4 nitrogen and oxygen atoms in total. The van der Waals surface area contributed by atoms with E-state index in [2.05, 4.69) is 10.3 Å². The lowest BCUT2D eigenvalue weighted by Crippen LogP contribution is -2.45. The average Bonchev–Trinajstić information content (AvgIpc) is 2.73. The molecule has 1 N–H and O–H groups in total. The van der Waals surface area contributed by atoms with Crippen molar-refractivity contribution in [3.63, 3.8) is 0 Å². The first-order valence-electron chi connectivity index (χ1n) is 5.39. The van der Waals surface area contributed by atoms with E-state index in [9.17, 15) is 4.79 Å². The molecule has 1 saturated heterocycles. The predicted molar refractivity (Wildman–Crippen MR) is 60.0 cm³/mol. The average molecular weight is 220 g/mol. The van der Waals surface area contributed by atoms with Crippen molar-refractivity contribution in [1.82, 2.24) is 10.3 Å². The summed E-state index contributed by atoms with van der Waals surface area (Å²) in [4.78, 5) is 15.7. The molecule has 2 unspecified atom stereocenters. The number of methoxy groups -OCH3 is 1. The summed E-state index contributed by atoms with van der Waals surface area (Å²) in [5, 5.41) is 3.23. The number of esters is 1. The summed E-state index contributed by atoms with van der Waals surface area (Å²) in [5.74, 6) is 0.136. The molecule has 4 heteroatoms. The number of carbonyl (C=O) groups is 1. The van der Waals surface area contributed by atoms with Gasteiger partial charge in [-0.15, -0.1) is 0 Å². The number of hydrogen-bond donors (Lipinski definition) is 1. The zero-order valence-electron chi connectivity index (χ0n) is 9.56. The fraction of sp³-hybridized carbons (Fsp3) is 0.500. The minimum Gasteiger partial charge on any atom is -0.468 e. The molecule has 0 aliphatic carbocycles. The molecule has 2 atom stereocenters. The van der Waals surface area contributed by atoms with Crippen LogP contribution in [0.3, 0.4) is 0 Å². The van der Waals surface area contributed by atoms with Crippen molar-refractivity contribution >= 4 is 5.97 Å². The molecule has 2 rings (SSSR count). The van der Waals surface area contributed by atoms with Gasteiger partial charge in [-0.3, -0.25) is 9.78 Å². The number of rotatable bonds is 2. The van der Waals surface area contributed by atoms with Gasteiger partial charge in [-0.05, 0) is 25.0 Å². The lowest BCUT2D eigenvalue weighted by molar-refractivity contribution is -0.147. The maximum Gasteiger partial charge on any atom is 0.325 e. The maximum atomic E-state index is 11.6. The molecule has 1 aliphatic rings. The molecular formula is C12H16N2O2. The van der Waals surface area contributed by atoms with Gasteiger partial charge in [-0.1, -0.05) is 6.07 Å². The molecule has 0 aromatic carbocycles. The Bertz CT molecular complexity index is 380. The third-order valence-corrected chi connectivity index (χ3v) is 3.19. The van der Waals surface area contributed by atoms with E-state index < -0.39 is 5.54 Å². The third-order valence-electron chi connectivity index (χ3n) is 3.19. The number of carbonyl (C=O) groups excluding carboxylic acids is 1. The van der Waals surface area contributed by atoms with Crippen LogP contribution in [-0.2, 0) is 9.53 Å². The van der Waals surface area contributed by atoms with Crippen molar-refractivity contribution in [3.8, 4) is 0 Å². The SMILES string of the molecule is COC(=O)C1(C)CC(c2cccnc2)CN1. The van der Waals surface area contributed by atoms with E-state index in [1.807, 2.05) is 25.3 Å². The van der Waals surface area contributed by atoms with Gasteiger partial charge in [0.2, 0.25) is 0 Å². The molecule has 0 amide bonds. The monoisotopic (exact) mass is 220 g/mol. The number of nitrogens with zero attached hydrogens (tertiary/aromatic N) is 1. The van der Waals surface area contributed by atoms with Crippen LogP contribution in [-0.4, -0.2) is 30.1 Å². The summed E-state index contributed by atoms with van der Waals surface area (Å²) in [7, 11) is 1.42. The fourth-order valence-electron chi connectivity index (χ4n) is 2.22. The lowest BCUT2D eigenvalue weighted by atomic mass is 9.91. The van der Waals surface area contributed by atoms with Crippen LogP contribution < -0.4 is 5.32 Å². The van der Waals surface area contributed by atoms with Crippen LogP contribution in [0, 0.1) is 0 Å². The van der Waals surface area contributed by atoms with E-state index in [1.165, 1.54) is 12.7 Å². The first kappa shape index (κ1) is 11.1. The van der Waals surface area contributed by atoms with Crippen LogP contribution in [0.5, 0.6) is 0 Å². The Kier molecular flexibility index (Phi) is 2.92. The molecular weight excluding hydrogens is 204 g/mol. The largest absolute Gasteiger partial charge is 0.468 e. The lowest BCUT2D eigenvalue weighted by Gasteiger charge is -2.20. The Morgan fingerprint density at radius 1 is 1.69 bits per heavy atom. The molecule has 0 radical (unpaired) electrons. The highest BCUT2D eigenvalue weighted by Crippen LogP contribution is 2.32. The number of pyridine rings is 1. The van der Waals surface area contributed by atoms with Crippen molar-refractivity contribution < 1.29 is 9.53 Å². The Labute approximate surface area is 95.0 Å². The summed E-state index contributed by atoms with van der Waals surface area (Å²) in [5.41, 5.74) is 0.609. The van der Waals surface area contributed by atoms with Crippen molar-refractivity contribution in [2.24, 2.45) is 0 Å². The Morgan fingerprint density at radius 3 is 3.12 bits per heavy atom. The number of aromatic nitrogens is 1. The second-order valence-electron chi connectivity index (χ2n) is 4.39. The van der Waals surface area contributed by atoms with Crippen molar-refractivity contribution in [2.75, 3.05) is 13.7 Å². The minimum absolute atomic E-state index is 0.195. The molecule has 1 aliphatic heterocycles. The standard InChI is InChI=1S/C12H16N2O2/c1-12(11(15)16-2)6-10(8-14-12)9-4-3-5-13-7-9/h3-5,7,10,14H,6,8H2,1-2H3. The first-order valence-corrected chi connectivity index (χ1v) is 5.39. The van der Waals surface area contributed by atoms with Gasteiger partial charge in [0.25, 0.3) is 0 Å². The van der Waals surface area contributed by atoms with Crippen LogP contribution in [0.4, 0.5) is 0 Å². The maximum absolute atomic E-state index is 11.6. The Balaban J connectivity index is 2.12. The summed E-state index contributed by atoms with van der Waals surface area (Å²) < 4.78 is 4.80. The topological polar surface area (TPSA) is 51.2 Å². The predicted octanol–water partition coefficient (Wildman–Crippen LogP) is 1.09. The zero-order valence-corrected chi connectivity index (χ0v) is 9.56. The fourth-order valence-corrected chi connectivity index (χ4v) is 2.22. The quantitative estimate of drug-likeness (QED) is 0.758. The van der Waals surface area contributed by atoms with Crippen molar-refractivity contribution in [3.05, 3.63) is 30.1 Å². The van der Waals surface area contributed by atoms with E-state index in [1.54, 1.807) is 6.20 Å². The molecule has 0 spiro atoms. The van der Waals surface area contributed by atoms with Gasteiger partial charge < -0.3 is 10.1 Å². The molecule has 1 fully saturated rings. The smallest absolute Gasteiger partial charge is 0.325 e. The Hall–Kier alpha value is -1.42. The van der Waals surface area contributed by atoms with Crippen LogP contribution in [0.2, 0.25) is 0 Å². The molecule has 0 saturated carbocycles. The van der Waals surface area contributed by atoms with Gasteiger partial charge >= 0.3 is 5.97 Å². The third kappa shape index (κ3) is 1.93. The molecule has 16 heavy (non-hydrogen) atoms.